The van der Waals surface area contributed by atoms with Crippen LogP contribution in [0, 0.1) is 0 Å². The van der Waals surface area contributed by atoms with Crippen molar-refractivity contribution in [1.82, 2.24) is 9.78 Å². The smallest absolute Gasteiger partial charge is 0.338 e. The third kappa shape index (κ3) is 2.88. The second-order valence-electron chi connectivity index (χ2n) is 4.29. The molecule has 2 aromatic rings. The number of aromatic nitrogens is 2. The van der Waals surface area contributed by atoms with E-state index in [0.29, 0.717) is 12.1 Å². The van der Waals surface area contributed by atoms with Gasteiger partial charge in [0.1, 0.15) is 0 Å². The van der Waals surface area contributed by atoms with Gasteiger partial charge in [0.05, 0.1) is 28.1 Å². The van der Waals surface area contributed by atoms with Gasteiger partial charge >= 0.3 is 5.97 Å². The fourth-order valence-corrected chi connectivity index (χ4v) is 3.09. The molecular formula is C13H14N2O4S. The zero-order valence-corrected chi connectivity index (χ0v) is 11.7. The van der Waals surface area contributed by atoms with Crippen LogP contribution in [0.4, 0.5) is 0 Å². The Morgan fingerprint density at radius 1 is 1.30 bits per heavy atom. The molecule has 0 saturated carbocycles. The van der Waals surface area contributed by atoms with Crippen LogP contribution in [-0.2, 0) is 9.84 Å². The molecule has 1 heterocycles. The maximum atomic E-state index is 11.9. The molecule has 1 aromatic heterocycles. The zero-order chi connectivity index (χ0) is 14.8. The fraction of sp³-hybridized carbons (Fsp3) is 0.231. The Morgan fingerprint density at radius 3 is 2.45 bits per heavy atom. The van der Waals surface area contributed by atoms with Crippen LogP contribution in [0.2, 0.25) is 0 Å². The van der Waals surface area contributed by atoms with E-state index in [0.717, 1.165) is 0 Å². The molecule has 2 rings (SSSR count). The first kappa shape index (κ1) is 14.3. The van der Waals surface area contributed by atoms with Gasteiger partial charge in [-0.25, -0.2) is 17.9 Å². The molecule has 0 aliphatic heterocycles. The summed E-state index contributed by atoms with van der Waals surface area (Å²) in [5.74, 6) is -0.949. The molecule has 0 saturated heterocycles. The summed E-state index contributed by atoms with van der Waals surface area (Å²) in [7, 11) is -3.24. The van der Waals surface area contributed by atoms with E-state index in [-0.39, 0.29) is 16.2 Å². The van der Waals surface area contributed by atoms with Gasteiger partial charge < -0.3 is 5.11 Å². The van der Waals surface area contributed by atoms with Crippen LogP contribution in [0.15, 0.2) is 41.6 Å². The summed E-state index contributed by atoms with van der Waals surface area (Å²) in [4.78, 5) is 11.0. The van der Waals surface area contributed by atoms with Crippen molar-refractivity contribution in [1.29, 1.82) is 0 Å². The minimum Gasteiger partial charge on any atom is -0.478 e. The van der Waals surface area contributed by atoms with E-state index < -0.39 is 15.8 Å². The van der Waals surface area contributed by atoms with E-state index in [9.17, 15) is 13.2 Å². The molecular weight excluding hydrogens is 280 g/mol. The summed E-state index contributed by atoms with van der Waals surface area (Å²) in [6.07, 6.45) is 3.17. The number of hydrogen-bond acceptors (Lipinski definition) is 4. The molecule has 6 nitrogen and oxygen atoms in total. The van der Waals surface area contributed by atoms with Crippen LogP contribution in [0.25, 0.3) is 5.69 Å². The van der Waals surface area contributed by atoms with Gasteiger partial charge in [0, 0.05) is 6.20 Å². The van der Waals surface area contributed by atoms with Crippen molar-refractivity contribution in [3.63, 3.8) is 0 Å². The summed E-state index contributed by atoms with van der Waals surface area (Å²) in [5, 5.41) is 12.7. The lowest BCUT2D eigenvalue weighted by atomic mass is 10.3. The van der Waals surface area contributed by atoms with Crippen molar-refractivity contribution >= 4 is 15.8 Å². The van der Waals surface area contributed by atoms with E-state index in [4.69, 9.17) is 5.11 Å². The SMILES string of the molecule is CCCS(=O)(=O)c1ccc(-n2cc(C(=O)O)cn2)cc1. The summed E-state index contributed by atoms with van der Waals surface area (Å²) >= 11 is 0. The second-order valence-corrected chi connectivity index (χ2v) is 6.40. The molecule has 0 bridgehead atoms. The van der Waals surface area contributed by atoms with Gasteiger partial charge in [-0.3, -0.25) is 0 Å². The number of rotatable bonds is 5. The van der Waals surface area contributed by atoms with Crippen molar-refractivity contribution in [3.05, 3.63) is 42.2 Å². The molecule has 7 heteroatoms. The molecule has 0 atom stereocenters. The number of carbonyl (C=O) groups is 1. The normalized spacial score (nSPS) is 11.4. The van der Waals surface area contributed by atoms with Crippen molar-refractivity contribution in [2.24, 2.45) is 0 Å². The number of aromatic carboxylic acids is 1. The van der Waals surface area contributed by atoms with Crippen LogP contribution in [-0.4, -0.2) is 35.0 Å². The van der Waals surface area contributed by atoms with E-state index in [2.05, 4.69) is 5.10 Å². The monoisotopic (exact) mass is 294 g/mol. The molecule has 0 aliphatic carbocycles. The number of carboxylic acids is 1. The largest absolute Gasteiger partial charge is 0.478 e. The molecule has 20 heavy (non-hydrogen) atoms. The Morgan fingerprint density at radius 2 is 1.95 bits per heavy atom. The lowest BCUT2D eigenvalue weighted by Crippen LogP contribution is -2.06. The lowest BCUT2D eigenvalue weighted by Gasteiger charge is -2.05. The van der Waals surface area contributed by atoms with Crippen LogP contribution in [0.3, 0.4) is 0 Å². The third-order valence-electron chi connectivity index (χ3n) is 2.76. The van der Waals surface area contributed by atoms with Crippen molar-refractivity contribution in [3.8, 4) is 5.69 Å². The summed E-state index contributed by atoms with van der Waals surface area (Å²) in [5.41, 5.74) is 0.681. The number of carboxylic acid groups (broad SMARTS) is 1. The molecule has 1 N–H and O–H groups in total. The van der Waals surface area contributed by atoms with Crippen LogP contribution in [0.1, 0.15) is 23.7 Å². The average molecular weight is 294 g/mol. The topological polar surface area (TPSA) is 89.3 Å². The number of benzene rings is 1. The lowest BCUT2D eigenvalue weighted by molar-refractivity contribution is 0.0697. The quantitative estimate of drug-likeness (QED) is 0.907. The minimum atomic E-state index is -3.24. The maximum Gasteiger partial charge on any atom is 0.338 e. The highest BCUT2D eigenvalue weighted by molar-refractivity contribution is 7.91. The van der Waals surface area contributed by atoms with Gasteiger partial charge in [-0.15, -0.1) is 0 Å². The van der Waals surface area contributed by atoms with Gasteiger partial charge in [-0.2, -0.15) is 5.10 Å². The highest BCUT2D eigenvalue weighted by Gasteiger charge is 2.13. The number of sulfone groups is 1. The Kier molecular flexibility index (Phi) is 3.89. The first-order valence-electron chi connectivity index (χ1n) is 6.05. The first-order valence-corrected chi connectivity index (χ1v) is 7.70. The highest BCUT2D eigenvalue weighted by Crippen LogP contribution is 2.15. The second kappa shape index (κ2) is 5.46. The van der Waals surface area contributed by atoms with Gasteiger partial charge in [0.2, 0.25) is 0 Å². The van der Waals surface area contributed by atoms with E-state index >= 15 is 0 Å². The first-order chi connectivity index (χ1) is 9.44. The highest BCUT2D eigenvalue weighted by atomic mass is 32.2. The van der Waals surface area contributed by atoms with Gasteiger partial charge in [-0.1, -0.05) is 6.92 Å². The number of nitrogens with zero attached hydrogens (tertiary/aromatic N) is 2. The Labute approximate surface area is 116 Å². The van der Waals surface area contributed by atoms with Crippen LogP contribution >= 0.6 is 0 Å². The summed E-state index contributed by atoms with van der Waals surface area (Å²) in [6.45, 7) is 1.81. The standard InChI is InChI=1S/C13H14N2O4S/c1-2-7-20(18,19)12-5-3-11(4-6-12)15-9-10(8-14-15)13(16)17/h3-6,8-9H,2,7H2,1H3,(H,16,17). The van der Waals surface area contributed by atoms with E-state index in [1.54, 1.807) is 12.1 Å². The molecule has 0 aliphatic rings. The zero-order valence-electron chi connectivity index (χ0n) is 10.9. The predicted octanol–water partition coefficient (Wildman–Crippen LogP) is 1.75. The van der Waals surface area contributed by atoms with Crippen molar-refractivity contribution in [2.75, 3.05) is 5.75 Å². The van der Waals surface area contributed by atoms with Crippen molar-refractivity contribution < 1.29 is 18.3 Å². The van der Waals surface area contributed by atoms with Gasteiger partial charge in [0.15, 0.2) is 9.84 Å². The van der Waals surface area contributed by atoms with E-state index in [1.807, 2.05) is 6.92 Å². The molecule has 106 valence electrons. The van der Waals surface area contributed by atoms with Crippen molar-refractivity contribution in [2.45, 2.75) is 18.2 Å². The Bertz CT molecular complexity index is 717. The fourth-order valence-electron chi connectivity index (χ4n) is 1.77. The average Bonchev–Trinajstić information content (AvgIpc) is 2.88. The van der Waals surface area contributed by atoms with Gasteiger partial charge in [-0.05, 0) is 30.7 Å². The number of hydrogen-bond donors (Lipinski definition) is 1. The molecule has 0 fully saturated rings. The molecule has 0 radical (unpaired) electrons. The van der Waals surface area contributed by atoms with Crippen LogP contribution in [0.5, 0.6) is 0 Å². The minimum absolute atomic E-state index is 0.0766. The predicted molar refractivity (Wildman–Crippen MR) is 72.9 cm³/mol. The van der Waals surface area contributed by atoms with Gasteiger partial charge in [0.25, 0.3) is 0 Å². The Balaban J connectivity index is 2.30. The molecule has 0 unspecified atom stereocenters. The third-order valence-corrected chi connectivity index (χ3v) is 4.70. The summed E-state index contributed by atoms with van der Waals surface area (Å²) < 4.78 is 25.1. The molecule has 0 amide bonds. The Hall–Kier alpha value is -2.15. The molecule has 0 spiro atoms. The van der Waals surface area contributed by atoms with E-state index in [1.165, 1.54) is 29.2 Å². The van der Waals surface area contributed by atoms with Crippen LogP contribution < -0.4 is 0 Å². The summed E-state index contributed by atoms with van der Waals surface area (Å²) in [6, 6.07) is 6.20. The maximum absolute atomic E-state index is 11.9. The molecule has 1 aromatic carbocycles.